The number of carbonyl (C=O) groups is 1. The topological polar surface area (TPSA) is 74.8 Å². The number of halogens is 2. The standard InChI is InChI=1S/C17H27ClN4O2.HI/c1-5-19-16(21-12-15(23)22-17(2,3)4)20-10-11-24-14-8-6-13(18)7-9-14;/h6-9H,5,10-12H2,1-4H3,(H,22,23)(H2,19,20,21);1H. The van der Waals surface area contributed by atoms with Crippen molar-refractivity contribution in [2.24, 2.45) is 4.99 Å². The number of nitrogens with zero attached hydrogens (tertiary/aromatic N) is 1. The number of nitrogens with one attached hydrogen (secondary N) is 3. The molecule has 0 bridgehead atoms. The van der Waals surface area contributed by atoms with Gasteiger partial charge in [-0.25, -0.2) is 4.99 Å². The maximum Gasteiger partial charge on any atom is 0.242 e. The van der Waals surface area contributed by atoms with E-state index in [0.29, 0.717) is 30.7 Å². The average molecular weight is 483 g/mol. The molecule has 0 atom stereocenters. The SMILES string of the molecule is CCNC(=NCC(=O)NC(C)(C)C)NCCOc1ccc(Cl)cc1.I. The Kier molecular flexibility index (Phi) is 11.6. The Morgan fingerprint density at radius 2 is 1.84 bits per heavy atom. The Labute approximate surface area is 172 Å². The fraction of sp³-hybridized carbons (Fsp3) is 0.529. The van der Waals surface area contributed by atoms with Crippen LogP contribution in [0, 0.1) is 0 Å². The molecule has 0 aliphatic rings. The fourth-order valence-corrected chi connectivity index (χ4v) is 1.95. The van der Waals surface area contributed by atoms with Gasteiger partial charge < -0.3 is 20.7 Å². The molecule has 0 unspecified atom stereocenters. The normalized spacial score (nSPS) is 11.3. The average Bonchev–Trinajstić information content (AvgIpc) is 2.49. The molecule has 142 valence electrons. The van der Waals surface area contributed by atoms with Crippen LogP contribution in [0.4, 0.5) is 0 Å². The van der Waals surface area contributed by atoms with E-state index in [-0.39, 0.29) is 42.0 Å². The monoisotopic (exact) mass is 482 g/mol. The first kappa shape index (κ1) is 23.8. The van der Waals surface area contributed by atoms with Crippen molar-refractivity contribution in [3.63, 3.8) is 0 Å². The molecular weight excluding hydrogens is 455 g/mol. The summed E-state index contributed by atoms with van der Waals surface area (Å²) in [5.74, 6) is 1.23. The fourth-order valence-electron chi connectivity index (χ4n) is 1.82. The zero-order chi connectivity index (χ0) is 18.0. The summed E-state index contributed by atoms with van der Waals surface area (Å²) in [6.07, 6.45) is 0. The molecule has 0 heterocycles. The lowest BCUT2D eigenvalue weighted by Crippen LogP contribution is -2.43. The molecule has 1 rings (SSSR count). The van der Waals surface area contributed by atoms with E-state index in [2.05, 4.69) is 20.9 Å². The number of guanidine groups is 1. The van der Waals surface area contributed by atoms with Crippen LogP contribution in [0.25, 0.3) is 0 Å². The maximum atomic E-state index is 11.8. The van der Waals surface area contributed by atoms with Gasteiger partial charge in [0, 0.05) is 17.1 Å². The number of hydrogen-bond acceptors (Lipinski definition) is 3. The van der Waals surface area contributed by atoms with Crippen molar-refractivity contribution >= 4 is 47.4 Å². The molecule has 6 nitrogen and oxygen atoms in total. The van der Waals surface area contributed by atoms with Crippen LogP contribution in [0.1, 0.15) is 27.7 Å². The Balaban J connectivity index is 0.00000576. The minimum Gasteiger partial charge on any atom is -0.492 e. The lowest BCUT2D eigenvalue weighted by atomic mass is 10.1. The van der Waals surface area contributed by atoms with Crippen LogP contribution >= 0.6 is 35.6 Å². The Hall–Kier alpha value is -1.22. The Morgan fingerprint density at radius 1 is 1.20 bits per heavy atom. The van der Waals surface area contributed by atoms with Crippen molar-refractivity contribution in [3.8, 4) is 5.75 Å². The van der Waals surface area contributed by atoms with Crippen LogP contribution in [0.3, 0.4) is 0 Å². The van der Waals surface area contributed by atoms with E-state index in [1.807, 2.05) is 39.8 Å². The summed E-state index contributed by atoms with van der Waals surface area (Å²) in [5.41, 5.74) is -0.259. The summed E-state index contributed by atoms with van der Waals surface area (Å²) in [4.78, 5) is 16.1. The summed E-state index contributed by atoms with van der Waals surface area (Å²) in [7, 11) is 0. The van der Waals surface area contributed by atoms with Gasteiger partial charge in [0.1, 0.15) is 18.9 Å². The largest absolute Gasteiger partial charge is 0.492 e. The summed E-state index contributed by atoms with van der Waals surface area (Å²) >= 11 is 5.83. The summed E-state index contributed by atoms with van der Waals surface area (Å²) in [6, 6.07) is 7.20. The zero-order valence-electron chi connectivity index (χ0n) is 15.2. The lowest BCUT2D eigenvalue weighted by Gasteiger charge is -2.20. The molecule has 8 heteroatoms. The molecule has 0 saturated heterocycles. The Bertz CT molecular complexity index is 545. The minimum absolute atomic E-state index is 0. The highest BCUT2D eigenvalue weighted by Gasteiger charge is 2.13. The highest BCUT2D eigenvalue weighted by molar-refractivity contribution is 14.0. The maximum absolute atomic E-state index is 11.8. The predicted molar refractivity (Wildman–Crippen MR) is 114 cm³/mol. The molecule has 0 saturated carbocycles. The molecule has 1 aromatic rings. The van der Waals surface area contributed by atoms with E-state index in [9.17, 15) is 4.79 Å². The molecule has 0 fully saturated rings. The van der Waals surface area contributed by atoms with Gasteiger partial charge in [0.05, 0.1) is 6.54 Å². The summed E-state index contributed by atoms with van der Waals surface area (Å²) < 4.78 is 5.60. The van der Waals surface area contributed by atoms with E-state index in [0.717, 1.165) is 5.75 Å². The van der Waals surface area contributed by atoms with E-state index in [4.69, 9.17) is 16.3 Å². The number of aliphatic imine (C=N–C) groups is 1. The number of benzene rings is 1. The third-order valence-corrected chi connectivity index (χ3v) is 2.97. The van der Waals surface area contributed by atoms with Crippen molar-refractivity contribution in [1.29, 1.82) is 0 Å². The van der Waals surface area contributed by atoms with Crippen LogP contribution in [-0.4, -0.2) is 43.6 Å². The van der Waals surface area contributed by atoms with Crippen molar-refractivity contribution in [2.75, 3.05) is 26.2 Å². The van der Waals surface area contributed by atoms with Crippen molar-refractivity contribution < 1.29 is 9.53 Å². The van der Waals surface area contributed by atoms with Gasteiger partial charge in [-0.3, -0.25) is 4.79 Å². The number of amides is 1. The van der Waals surface area contributed by atoms with Crippen LogP contribution in [0.5, 0.6) is 5.75 Å². The van der Waals surface area contributed by atoms with Crippen LogP contribution in [0.15, 0.2) is 29.3 Å². The number of ether oxygens (including phenoxy) is 1. The molecule has 0 aliphatic heterocycles. The molecule has 3 N–H and O–H groups in total. The van der Waals surface area contributed by atoms with Crippen molar-refractivity contribution in [2.45, 2.75) is 33.2 Å². The molecule has 0 aromatic heterocycles. The molecule has 0 radical (unpaired) electrons. The van der Waals surface area contributed by atoms with Gasteiger partial charge >= 0.3 is 0 Å². The van der Waals surface area contributed by atoms with Gasteiger partial charge in [0.15, 0.2) is 5.96 Å². The van der Waals surface area contributed by atoms with E-state index >= 15 is 0 Å². The van der Waals surface area contributed by atoms with Crippen LogP contribution in [0.2, 0.25) is 5.02 Å². The second kappa shape index (κ2) is 12.2. The van der Waals surface area contributed by atoms with Gasteiger partial charge in [-0.1, -0.05) is 11.6 Å². The number of carbonyl (C=O) groups excluding carboxylic acids is 1. The second-order valence-electron chi connectivity index (χ2n) is 6.22. The van der Waals surface area contributed by atoms with E-state index in [1.165, 1.54) is 0 Å². The molecule has 1 aromatic carbocycles. The molecule has 25 heavy (non-hydrogen) atoms. The first-order valence-electron chi connectivity index (χ1n) is 8.01. The van der Waals surface area contributed by atoms with Gasteiger partial charge in [0.2, 0.25) is 5.91 Å². The molecule has 0 aliphatic carbocycles. The highest BCUT2D eigenvalue weighted by Crippen LogP contribution is 2.15. The molecular formula is C17H28ClIN4O2. The highest BCUT2D eigenvalue weighted by atomic mass is 127. The van der Waals surface area contributed by atoms with Gasteiger partial charge in [-0.15, -0.1) is 24.0 Å². The quantitative estimate of drug-likeness (QED) is 0.242. The third kappa shape index (κ3) is 11.9. The van der Waals surface area contributed by atoms with Crippen LogP contribution in [-0.2, 0) is 4.79 Å². The van der Waals surface area contributed by atoms with Crippen molar-refractivity contribution in [1.82, 2.24) is 16.0 Å². The first-order valence-corrected chi connectivity index (χ1v) is 8.39. The number of hydrogen-bond donors (Lipinski definition) is 3. The van der Waals surface area contributed by atoms with E-state index in [1.54, 1.807) is 12.1 Å². The van der Waals surface area contributed by atoms with Crippen LogP contribution < -0.4 is 20.7 Å². The second-order valence-corrected chi connectivity index (χ2v) is 6.66. The van der Waals surface area contributed by atoms with E-state index < -0.39 is 0 Å². The molecule has 1 amide bonds. The van der Waals surface area contributed by atoms with Gasteiger partial charge in [0.25, 0.3) is 0 Å². The lowest BCUT2D eigenvalue weighted by molar-refractivity contribution is -0.121. The third-order valence-electron chi connectivity index (χ3n) is 2.72. The Morgan fingerprint density at radius 3 is 2.40 bits per heavy atom. The van der Waals surface area contributed by atoms with Crippen molar-refractivity contribution in [3.05, 3.63) is 29.3 Å². The van der Waals surface area contributed by atoms with Gasteiger partial charge in [-0.2, -0.15) is 0 Å². The smallest absolute Gasteiger partial charge is 0.242 e. The number of rotatable bonds is 7. The summed E-state index contributed by atoms with van der Waals surface area (Å²) in [5, 5.41) is 9.77. The molecule has 0 spiro atoms. The predicted octanol–water partition coefficient (Wildman–Crippen LogP) is 2.81. The summed E-state index contributed by atoms with van der Waals surface area (Å²) in [6.45, 7) is 9.60. The zero-order valence-corrected chi connectivity index (χ0v) is 18.3. The first-order chi connectivity index (χ1) is 11.3. The minimum atomic E-state index is -0.259. The van der Waals surface area contributed by atoms with Gasteiger partial charge in [-0.05, 0) is 52.0 Å².